The summed E-state index contributed by atoms with van der Waals surface area (Å²) in [5.41, 5.74) is 2.00. The van der Waals surface area contributed by atoms with E-state index in [0.717, 1.165) is 15.3 Å². The summed E-state index contributed by atoms with van der Waals surface area (Å²) < 4.78 is 33.2. The number of nitrogens with one attached hydrogen (secondary N) is 2. The SMILES string of the molecule is Cc1ccc(S(=O)(=O)Nc2nc(-c3ccc4c(c3)NC(=O)CO4)c(C)s2)s1. The van der Waals surface area contributed by atoms with Gasteiger partial charge in [-0.2, -0.15) is 0 Å². The maximum absolute atomic E-state index is 12.5. The first-order chi connectivity index (χ1) is 12.8. The number of thiophene rings is 1. The van der Waals surface area contributed by atoms with E-state index in [1.165, 1.54) is 22.7 Å². The molecule has 140 valence electrons. The topological polar surface area (TPSA) is 97.4 Å². The van der Waals surface area contributed by atoms with E-state index in [1.807, 2.05) is 19.9 Å². The van der Waals surface area contributed by atoms with Crippen molar-refractivity contribution in [1.82, 2.24) is 4.98 Å². The zero-order valence-electron chi connectivity index (χ0n) is 14.4. The molecule has 0 fully saturated rings. The van der Waals surface area contributed by atoms with Crippen molar-refractivity contribution < 1.29 is 17.9 Å². The summed E-state index contributed by atoms with van der Waals surface area (Å²) in [6.07, 6.45) is 0. The fourth-order valence-corrected chi connectivity index (χ4v) is 6.01. The minimum atomic E-state index is -3.66. The van der Waals surface area contributed by atoms with Gasteiger partial charge in [-0.1, -0.05) is 0 Å². The van der Waals surface area contributed by atoms with Gasteiger partial charge >= 0.3 is 0 Å². The number of aromatic nitrogens is 1. The molecule has 1 aromatic carbocycles. The maximum atomic E-state index is 12.5. The van der Waals surface area contributed by atoms with E-state index in [-0.39, 0.29) is 16.7 Å². The number of fused-ring (bicyclic) bond motifs is 1. The van der Waals surface area contributed by atoms with Crippen LogP contribution in [0.5, 0.6) is 5.75 Å². The minimum Gasteiger partial charge on any atom is -0.482 e. The van der Waals surface area contributed by atoms with Gasteiger partial charge in [0, 0.05) is 15.3 Å². The third-order valence-electron chi connectivity index (χ3n) is 3.88. The number of ether oxygens (including phenoxy) is 1. The van der Waals surface area contributed by atoms with E-state index in [2.05, 4.69) is 15.0 Å². The van der Waals surface area contributed by atoms with Crippen LogP contribution in [0.25, 0.3) is 11.3 Å². The molecule has 0 aliphatic carbocycles. The molecule has 2 aromatic heterocycles. The molecule has 0 radical (unpaired) electrons. The van der Waals surface area contributed by atoms with Gasteiger partial charge in [-0.15, -0.1) is 22.7 Å². The predicted molar refractivity (Wildman–Crippen MR) is 106 cm³/mol. The van der Waals surface area contributed by atoms with Crippen molar-refractivity contribution in [3.05, 3.63) is 40.1 Å². The maximum Gasteiger partial charge on any atom is 0.273 e. The molecule has 0 unspecified atom stereocenters. The number of thiazole rings is 1. The summed E-state index contributed by atoms with van der Waals surface area (Å²) in [7, 11) is -3.66. The number of anilines is 2. The number of rotatable bonds is 4. The van der Waals surface area contributed by atoms with Gasteiger partial charge in [-0.05, 0) is 44.2 Å². The fraction of sp³-hybridized carbons (Fsp3) is 0.176. The molecule has 3 aromatic rings. The molecule has 0 saturated heterocycles. The molecule has 0 saturated carbocycles. The molecule has 1 aliphatic rings. The van der Waals surface area contributed by atoms with Gasteiger partial charge < -0.3 is 10.1 Å². The first-order valence-electron chi connectivity index (χ1n) is 7.95. The molecular formula is C17H15N3O4S3. The van der Waals surface area contributed by atoms with Crippen LogP contribution in [0, 0.1) is 13.8 Å². The minimum absolute atomic E-state index is 0.00377. The molecule has 1 amide bonds. The van der Waals surface area contributed by atoms with Crippen LogP contribution in [0.1, 0.15) is 9.75 Å². The number of amides is 1. The van der Waals surface area contributed by atoms with E-state index < -0.39 is 10.0 Å². The Morgan fingerprint density at radius 1 is 1.19 bits per heavy atom. The zero-order valence-corrected chi connectivity index (χ0v) is 16.8. The average molecular weight is 422 g/mol. The largest absolute Gasteiger partial charge is 0.482 e. The highest BCUT2D eigenvalue weighted by Gasteiger charge is 2.21. The molecule has 27 heavy (non-hydrogen) atoms. The number of carbonyl (C=O) groups is 1. The average Bonchev–Trinajstić information content (AvgIpc) is 3.20. The Morgan fingerprint density at radius 3 is 2.74 bits per heavy atom. The van der Waals surface area contributed by atoms with E-state index in [1.54, 1.807) is 24.3 Å². The van der Waals surface area contributed by atoms with Crippen LogP contribution in [0.2, 0.25) is 0 Å². The molecule has 10 heteroatoms. The number of sulfonamides is 1. The van der Waals surface area contributed by atoms with E-state index in [4.69, 9.17) is 4.74 Å². The first-order valence-corrected chi connectivity index (χ1v) is 11.1. The highest BCUT2D eigenvalue weighted by Crippen LogP contribution is 2.36. The Morgan fingerprint density at radius 2 is 2.00 bits per heavy atom. The number of benzene rings is 1. The molecule has 0 bridgehead atoms. The molecule has 0 spiro atoms. The van der Waals surface area contributed by atoms with Gasteiger partial charge in [0.15, 0.2) is 11.7 Å². The molecule has 2 N–H and O–H groups in total. The Bertz CT molecular complexity index is 1150. The highest BCUT2D eigenvalue weighted by molar-refractivity contribution is 7.94. The lowest BCUT2D eigenvalue weighted by molar-refractivity contribution is -0.118. The van der Waals surface area contributed by atoms with Crippen LogP contribution in [0.15, 0.2) is 34.5 Å². The van der Waals surface area contributed by atoms with Gasteiger partial charge in [0.25, 0.3) is 15.9 Å². The van der Waals surface area contributed by atoms with Crippen molar-refractivity contribution in [1.29, 1.82) is 0 Å². The zero-order chi connectivity index (χ0) is 19.2. The van der Waals surface area contributed by atoms with Crippen molar-refractivity contribution in [3.8, 4) is 17.0 Å². The van der Waals surface area contributed by atoms with Gasteiger partial charge in [0.05, 0.1) is 11.4 Å². The van der Waals surface area contributed by atoms with Crippen molar-refractivity contribution in [2.45, 2.75) is 18.1 Å². The summed E-state index contributed by atoms with van der Waals surface area (Å²) in [6.45, 7) is 3.72. The van der Waals surface area contributed by atoms with Crippen LogP contribution in [-0.4, -0.2) is 25.9 Å². The summed E-state index contributed by atoms with van der Waals surface area (Å²) in [5, 5.41) is 3.06. The van der Waals surface area contributed by atoms with Crippen LogP contribution in [0.4, 0.5) is 10.8 Å². The monoisotopic (exact) mass is 421 g/mol. The van der Waals surface area contributed by atoms with Crippen molar-refractivity contribution >= 4 is 49.4 Å². The number of hydrogen-bond acceptors (Lipinski definition) is 7. The van der Waals surface area contributed by atoms with Gasteiger partial charge in [0.1, 0.15) is 9.96 Å². The number of nitrogens with zero attached hydrogens (tertiary/aromatic N) is 1. The number of hydrogen-bond donors (Lipinski definition) is 2. The molecular weight excluding hydrogens is 406 g/mol. The second kappa shape index (κ2) is 6.63. The Labute approximate surface area is 164 Å². The highest BCUT2D eigenvalue weighted by atomic mass is 32.2. The summed E-state index contributed by atoms with van der Waals surface area (Å²) in [5.74, 6) is 0.384. The van der Waals surface area contributed by atoms with Crippen molar-refractivity contribution in [2.75, 3.05) is 16.6 Å². The summed E-state index contributed by atoms with van der Waals surface area (Å²) >= 11 is 2.47. The quantitative estimate of drug-likeness (QED) is 0.671. The smallest absolute Gasteiger partial charge is 0.273 e. The molecule has 1 aliphatic heterocycles. The Balaban J connectivity index is 1.64. The standard InChI is InChI=1S/C17H15N3O4S3/c1-9-3-6-15(25-9)27(22,23)20-17-19-16(10(2)26-17)11-4-5-13-12(7-11)18-14(21)8-24-13/h3-7H,8H2,1-2H3,(H,18,21)(H,19,20). The van der Waals surface area contributed by atoms with Crippen LogP contribution in [0.3, 0.4) is 0 Å². The lowest BCUT2D eigenvalue weighted by atomic mass is 10.1. The summed E-state index contributed by atoms with van der Waals surface area (Å²) in [6, 6.07) is 8.72. The third-order valence-corrected chi connectivity index (χ3v) is 7.73. The lowest BCUT2D eigenvalue weighted by Crippen LogP contribution is -2.25. The first kappa shape index (κ1) is 18.0. The van der Waals surface area contributed by atoms with Crippen LogP contribution >= 0.6 is 22.7 Å². The second-order valence-corrected chi connectivity index (χ2v) is 10.3. The fourth-order valence-electron chi connectivity index (χ4n) is 2.66. The Hall–Kier alpha value is -2.43. The van der Waals surface area contributed by atoms with Crippen LogP contribution < -0.4 is 14.8 Å². The predicted octanol–water partition coefficient (Wildman–Crippen LogP) is 3.62. The Kier molecular flexibility index (Phi) is 4.41. The van der Waals surface area contributed by atoms with E-state index in [0.29, 0.717) is 22.3 Å². The number of carbonyl (C=O) groups excluding carboxylic acids is 1. The van der Waals surface area contributed by atoms with Crippen molar-refractivity contribution in [2.24, 2.45) is 0 Å². The van der Waals surface area contributed by atoms with E-state index >= 15 is 0 Å². The van der Waals surface area contributed by atoms with Crippen LogP contribution in [-0.2, 0) is 14.8 Å². The molecule has 7 nitrogen and oxygen atoms in total. The van der Waals surface area contributed by atoms with Crippen molar-refractivity contribution in [3.63, 3.8) is 0 Å². The normalized spacial score (nSPS) is 13.6. The van der Waals surface area contributed by atoms with E-state index in [9.17, 15) is 13.2 Å². The molecule has 0 atom stereocenters. The molecule has 3 heterocycles. The van der Waals surface area contributed by atoms with Gasteiger partial charge in [-0.25, -0.2) is 13.4 Å². The number of aryl methyl sites for hydroxylation is 2. The third kappa shape index (κ3) is 3.55. The summed E-state index contributed by atoms with van der Waals surface area (Å²) in [4.78, 5) is 17.7. The second-order valence-electron chi connectivity index (χ2n) is 5.94. The van der Waals surface area contributed by atoms with Gasteiger partial charge in [0.2, 0.25) is 0 Å². The molecule has 4 rings (SSSR count). The lowest BCUT2D eigenvalue weighted by Gasteiger charge is -2.18. The van der Waals surface area contributed by atoms with Gasteiger partial charge in [-0.3, -0.25) is 9.52 Å².